The van der Waals surface area contributed by atoms with E-state index in [1.165, 1.54) is 11.3 Å². The third-order valence-corrected chi connectivity index (χ3v) is 5.28. The van der Waals surface area contributed by atoms with Gasteiger partial charge in [0.2, 0.25) is 5.95 Å². The second-order valence-corrected chi connectivity index (χ2v) is 8.16. The van der Waals surface area contributed by atoms with E-state index in [1.807, 2.05) is 19.9 Å². The van der Waals surface area contributed by atoms with Crippen LogP contribution in [0.2, 0.25) is 0 Å². The first-order chi connectivity index (χ1) is 13.5. The molecule has 9 heteroatoms. The molecule has 1 saturated heterocycles. The van der Waals surface area contributed by atoms with Crippen LogP contribution in [0.5, 0.6) is 0 Å². The van der Waals surface area contributed by atoms with Crippen molar-refractivity contribution in [2.45, 2.75) is 32.6 Å². The van der Waals surface area contributed by atoms with E-state index >= 15 is 0 Å². The lowest BCUT2D eigenvalue weighted by atomic mass is 9.94. The van der Waals surface area contributed by atoms with E-state index in [2.05, 4.69) is 36.6 Å². The molecule has 0 spiro atoms. The Bertz CT molecular complexity index is 845. The van der Waals surface area contributed by atoms with Crippen LogP contribution in [0.1, 0.15) is 48.8 Å². The number of nitrogens with one attached hydrogen (secondary N) is 2. The van der Waals surface area contributed by atoms with Crippen LogP contribution in [-0.4, -0.2) is 51.9 Å². The number of nitrogens with zero attached hydrogens (tertiary/aromatic N) is 5. The van der Waals surface area contributed by atoms with Gasteiger partial charge in [0, 0.05) is 30.6 Å². The fraction of sp³-hybridized carbons (Fsp3) is 0.526. The molecule has 8 nitrogen and oxygen atoms in total. The van der Waals surface area contributed by atoms with Gasteiger partial charge in [0.1, 0.15) is 5.69 Å². The molecule has 28 heavy (non-hydrogen) atoms. The highest BCUT2D eigenvalue weighted by Crippen LogP contribution is 2.26. The van der Waals surface area contributed by atoms with E-state index in [0.29, 0.717) is 41.7 Å². The van der Waals surface area contributed by atoms with Gasteiger partial charge in [0.25, 0.3) is 5.91 Å². The molecular formula is C19H25N7OS. The lowest BCUT2D eigenvalue weighted by Crippen LogP contribution is -2.34. The number of amides is 1. The van der Waals surface area contributed by atoms with Crippen LogP contribution in [0, 0.1) is 17.2 Å². The molecule has 2 aromatic rings. The number of nitriles is 1. The molecule has 3 heterocycles. The van der Waals surface area contributed by atoms with E-state index in [4.69, 9.17) is 5.26 Å². The molecule has 148 valence electrons. The second-order valence-electron chi connectivity index (χ2n) is 7.30. The lowest BCUT2D eigenvalue weighted by Gasteiger charge is -2.30. The Labute approximate surface area is 169 Å². The molecule has 3 rings (SSSR count). The number of hydrogen-bond donors (Lipinski definition) is 2. The maximum Gasteiger partial charge on any atom is 0.270 e. The zero-order chi connectivity index (χ0) is 19.9. The number of rotatable bonds is 7. The van der Waals surface area contributed by atoms with Crippen molar-refractivity contribution in [3.05, 3.63) is 29.0 Å². The molecule has 1 aliphatic heterocycles. The van der Waals surface area contributed by atoms with Crippen molar-refractivity contribution in [1.82, 2.24) is 25.2 Å². The molecular weight excluding hydrogens is 374 g/mol. The fourth-order valence-electron chi connectivity index (χ4n) is 3.12. The van der Waals surface area contributed by atoms with Gasteiger partial charge < -0.3 is 10.6 Å². The molecule has 1 fully saturated rings. The van der Waals surface area contributed by atoms with Crippen molar-refractivity contribution in [3.63, 3.8) is 0 Å². The van der Waals surface area contributed by atoms with E-state index < -0.39 is 0 Å². The number of piperidine rings is 1. The van der Waals surface area contributed by atoms with Crippen LogP contribution in [0.4, 0.5) is 11.1 Å². The maximum atomic E-state index is 12.1. The first kappa shape index (κ1) is 20.2. The summed E-state index contributed by atoms with van der Waals surface area (Å²) >= 11 is 1.35. The Hall–Kier alpha value is -2.57. The molecule has 0 saturated carbocycles. The van der Waals surface area contributed by atoms with Gasteiger partial charge in [0.15, 0.2) is 5.13 Å². The van der Waals surface area contributed by atoms with Crippen LogP contribution in [0.25, 0.3) is 0 Å². The maximum absolute atomic E-state index is 12.1. The van der Waals surface area contributed by atoms with Crippen molar-refractivity contribution < 1.29 is 4.79 Å². The van der Waals surface area contributed by atoms with Crippen molar-refractivity contribution in [2.75, 3.05) is 31.5 Å². The monoisotopic (exact) mass is 399 g/mol. The minimum absolute atomic E-state index is 0.174. The first-order valence-electron chi connectivity index (χ1n) is 9.48. The summed E-state index contributed by atoms with van der Waals surface area (Å²) in [5.41, 5.74) is 1.36. The SMILES string of the molecule is CC(C)CNC(=O)c1csc(Nc2nccc([C@H]3CCCN(CC#N)C3)n2)n1. The predicted octanol–water partition coefficient (Wildman–Crippen LogP) is 2.77. The molecule has 0 aromatic carbocycles. The third kappa shape index (κ3) is 5.47. The normalized spacial score (nSPS) is 17.3. The number of hydrogen-bond acceptors (Lipinski definition) is 8. The predicted molar refractivity (Wildman–Crippen MR) is 109 cm³/mol. The van der Waals surface area contributed by atoms with E-state index in [0.717, 1.165) is 31.6 Å². The first-order valence-corrected chi connectivity index (χ1v) is 10.4. The Morgan fingerprint density at radius 3 is 3.11 bits per heavy atom. The third-order valence-electron chi connectivity index (χ3n) is 4.52. The number of thiazole rings is 1. The summed E-state index contributed by atoms with van der Waals surface area (Å²) in [4.78, 5) is 27.5. The molecule has 0 radical (unpaired) electrons. The molecule has 0 aliphatic carbocycles. The lowest BCUT2D eigenvalue weighted by molar-refractivity contribution is 0.0945. The van der Waals surface area contributed by atoms with Crippen LogP contribution in [0.15, 0.2) is 17.6 Å². The van der Waals surface area contributed by atoms with Crippen molar-refractivity contribution in [1.29, 1.82) is 5.26 Å². The Kier molecular flexibility index (Phi) is 6.90. The van der Waals surface area contributed by atoms with Gasteiger partial charge in [-0.3, -0.25) is 9.69 Å². The van der Waals surface area contributed by atoms with Gasteiger partial charge in [-0.15, -0.1) is 11.3 Å². The topological polar surface area (TPSA) is 107 Å². The highest BCUT2D eigenvalue weighted by molar-refractivity contribution is 7.14. The van der Waals surface area contributed by atoms with Crippen LogP contribution < -0.4 is 10.6 Å². The molecule has 1 aliphatic rings. The summed E-state index contributed by atoms with van der Waals surface area (Å²) in [6.45, 7) is 6.96. The van der Waals surface area contributed by atoms with E-state index in [9.17, 15) is 4.79 Å². The molecule has 1 amide bonds. The number of carbonyl (C=O) groups excluding carboxylic acids is 1. The zero-order valence-electron chi connectivity index (χ0n) is 16.2. The summed E-state index contributed by atoms with van der Waals surface area (Å²) in [5.74, 6) is 0.977. The summed E-state index contributed by atoms with van der Waals surface area (Å²) < 4.78 is 0. The summed E-state index contributed by atoms with van der Waals surface area (Å²) in [5, 5.41) is 17.2. The molecule has 2 N–H and O–H groups in total. The molecule has 1 atom stereocenters. The Morgan fingerprint density at radius 2 is 2.32 bits per heavy atom. The average molecular weight is 400 g/mol. The number of carbonyl (C=O) groups is 1. The summed E-state index contributed by atoms with van der Waals surface area (Å²) in [6.07, 6.45) is 3.84. The highest BCUT2D eigenvalue weighted by atomic mass is 32.1. The Morgan fingerprint density at radius 1 is 1.46 bits per heavy atom. The van der Waals surface area contributed by atoms with Crippen molar-refractivity contribution >= 4 is 28.3 Å². The van der Waals surface area contributed by atoms with Gasteiger partial charge in [-0.2, -0.15) is 5.26 Å². The van der Waals surface area contributed by atoms with Gasteiger partial charge >= 0.3 is 0 Å². The fourth-order valence-corrected chi connectivity index (χ4v) is 3.80. The minimum atomic E-state index is -0.174. The van der Waals surface area contributed by atoms with Crippen LogP contribution in [0.3, 0.4) is 0 Å². The zero-order valence-corrected chi connectivity index (χ0v) is 17.0. The molecule has 0 bridgehead atoms. The van der Waals surface area contributed by atoms with Gasteiger partial charge in [-0.25, -0.2) is 15.0 Å². The van der Waals surface area contributed by atoms with E-state index in [1.54, 1.807) is 11.6 Å². The minimum Gasteiger partial charge on any atom is -0.350 e. The quantitative estimate of drug-likeness (QED) is 0.689. The van der Waals surface area contributed by atoms with Gasteiger partial charge in [-0.05, 0) is 31.4 Å². The molecule has 2 aromatic heterocycles. The van der Waals surface area contributed by atoms with Crippen LogP contribution >= 0.6 is 11.3 Å². The second kappa shape index (κ2) is 9.57. The number of aromatic nitrogens is 3. The van der Waals surface area contributed by atoms with E-state index in [-0.39, 0.29) is 5.91 Å². The number of anilines is 2. The standard InChI is InChI=1S/C19H25N7OS/c1-13(2)10-22-17(27)16-12-28-19(24-16)25-18-21-7-5-15(23-18)14-4-3-8-26(11-14)9-6-20/h5,7,12-14H,3-4,8-11H2,1-2H3,(H,22,27)(H,21,23,24,25)/t14-/m0/s1. The largest absolute Gasteiger partial charge is 0.350 e. The molecule has 0 unspecified atom stereocenters. The van der Waals surface area contributed by atoms with Crippen molar-refractivity contribution in [3.8, 4) is 6.07 Å². The average Bonchev–Trinajstić information content (AvgIpc) is 3.15. The summed E-state index contributed by atoms with van der Waals surface area (Å²) in [6, 6.07) is 4.15. The number of likely N-dealkylation sites (tertiary alicyclic amines) is 1. The smallest absolute Gasteiger partial charge is 0.270 e. The van der Waals surface area contributed by atoms with Gasteiger partial charge in [0.05, 0.1) is 18.3 Å². The van der Waals surface area contributed by atoms with Gasteiger partial charge in [-0.1, -0.05) is 13.8 Å². The highest BCUT2D eigenvalue weighted by Gasteiger charge is 2.22. The van der Waals surface area contributed by atoms with Crippen molar-refractivity contribution in [2.24, 2.45) is 5.92 Å². The van der Waals surface area contributed by atoms with Crippen LogP contribution in [-0.2, 0) is 0 Å². The Balaban J connectivity index is 1.63. The summed E-state index contributed by atoms with van der Waals surface area (Å²) in [7, 11) is 0.